The molecule has 2 aromatic rings. The van der Waals surface area contributed by atoms with Crippen LogP contribution in [-0.4, -0.2) is 412 Å². The highest BCUT2D eigenvalue weighted by atomic mass is 16.8. The Morgan fingerprint density at radius 2 is 0.677 bits per heavy atom. The van der Waals surface area contributed by atoms with Crippen LogP contribution in [-0.2, 0) is 152 Å². The van der Waals surface area contributed by atoms with Crippen LogP contribution in [0.1, 0.15) is 102 Å². The number of carbonyl (C=O) groups is 8. The van der Waals surface area contributed by atoms with E-state index in [0.29, 0.717) is 37.6 Å². The summed E-state index contributed by atoms with van der Waals surface area (Å²) in [7, 11) is 4.40. The number of aromatic carboxylic acids is 1. The number of fused-ring (bicyclic) bond motifs is 2. The predicted octanol–water partition coefficient (Wildman–Crippen LogP) is 0.111. The van der Waals surface area contributed by atoms with Crippen molar-refractivity contribution in [3.8, 4) is 11.1 Å². The molecule has 130 heavy (non-hydrogen) atoms. The number of hydrogen-bond donors (Lipinski definition) is 9. The van der Waals surface area contributed by atoms with E-state index in [9.17, 15) is 48.6 Å². The molecule has 0 radical (unpaired) electrons. The van der Waals surface area contributed by atoms with Crippen molar-refractivity contribution in [1.29, 1.82) is 0 Å². The van der Waals surface area contributed by atoms with Gasteiger partial charge in [-0.15, -0.1) is 0 Å². The molecule has 0 aliphatic carbocycles. The van der Waals surface area contributed by atoms with Gasteiger partial charge >= 0.3 is 5.97 Å². The van der Waals surface area contributed by atoms with Gasteiger partial charge in [0.2, 0.25) is 35.4 Å². The van der Waals surface area contributed by atoms with Crippen molar-refractivity contribution in [1.82, 2.24) is 37.2 Å². The Morgan fingerprint density at radius 1 is 0.385 bits per heavy atom. The van der Waals surface area contributed by atoms with E-state index in [1.807, 2.05) is 13.8 Å². The average molecular weight is 1860 g/mol. The van der Waals surface area contributed by atoms with Crippen LogP contribution in [0.25, 0.3) is 11.1 Å². The summed E-state index contributed by atoms with van der Waals surface area (Å²) in [5, 5.41) is 40.4. The predicted molar refractivity (Wildman–Crippen MR) is 458 cm³/mol. The van der Waals surface area contributed by atoms with Crippen LogP contribution >= 0.6 is 0 Å². The van der Waals surface area contributed by atoms with E-state index >= 15 is 0 Å². The van der Waals surface area contributed by atoms with E-state index < -0.39 is 121 Å². The highest BCUT2D eigenvalue weighted by Crippen LogP contribution is 2.40. The number of benzene rings is 2. The average Bonchev–Trinajstić information content (AvgIpc) is 1.62. The minimum absolute atomic E-state index is 0.0713. The van der Waals surface area contributed by atoms with Crippen molar-refractivity contribution < 1.29 is 172 Å². The number of carboxylic acids is 1. The number of aliphatic hydroxyl groups is 1. The molecule has 0 saturated carbocycles. The summed E-state index contributed by atoms with van der Waals surface area (Å²) in [6, 6.07) is 10.9. The maximum Gasteiger partial charge on any atom is 0.335 e. The van der Waals surface area contributed by atoms with Gasteiger partial charge in [-0.05, 0) is 76.9 Å². The highest BCUT2D eigenvalue weighted by molar-refractivity contribution is 5.95. The zero-order valence-corrected chi connectivity index (χ0v) is 77.1. The van der Waals surface area contributed by atoms with Crippen LogP contribution in [0.15, 0.2) is 48.5 Å². The molecule has 5 heterocycles. The molecule has 7 amide bonds. The van der Waals surface area contributed by atoms with Gasteiger partial charge in [0.15, 0.2) is 30.4 Å². The smallest absolute Gasteiger partial charge is 0.335 e. The Bertz CT molecular complexity index is 3390. The monoisotopic (exact) mass is 1860 g/mol. The van der Waals surface area contributed by atoms with Gasteiger partial charge in [-0.1, -0.05) is 24.3 Å². The molecule has 5 fully saturated rings. The van der Waals surface area contributed by atoms with Gasteiger partial charge in [0, 0.05) is 86.6 Å². The molecular formula is C87H141N7O36. The summed E-state index contributed by atoms with van der Waals surface area (Å²) >= 11 is 0. The summed E-state index contributed by atoms with van der Waals surface area (Å²) in [5.41, 5.74) is 0.253. The number of aliphatic hydroxyl groups excluding tert-OH is 1. The zero-order chi connectivity index (χ0) is 94.1. The fourth-order valence-electron chi connectivity index (χ4n) is 14.4. The molecule has 43 nitrogen and oxygen atoms in total. The fraction of sp³-hybridized carbons (Fsp3) is 0.770. The quantitative estimate of drug-likeness (QED) is 0.0397. The first-order valence-corrected chi connectivity index (χ1v) is 44.2. The first-order chi connectivity index (χ1) is 62.5. The lowest BCUT2D eigenvalue weighted by molar-refractivity contribution is -0.278. The molecule has 43 heteroatoms. The first-order valence-electron chi connectivity index (χ1n) is 44.2. The van der Waals surface area contributed by atoms with Crippen LogP contribution < -0.4 is 37.2 Å². The Morgan fingerprint density at radius 3 is 1.00 bits per heavy atom. The van der Waals surface area contributed by atoms with Gasteiger partial charge in [-0.2, -0.15) is 0 Å². The number of carbonyl (C=O) groups excluding carboxylic acids is 7. The molecule has 9 N–H and O–H groups in total. The molecule has 5 aliphatic rings. The van der Waals surface area contributed by atoms with Crippen molar-refractivity contribution in [3.05, 3.63) is 59.7 Å². The number of ether oxygens (including phenoxy) is 26. The molecule has 2 aromatic carbocycles. The second-order valence-electron chi connectivity index (χ2n) is 32.2. The van der Waals surface area contributed by atoms with Crippen molar-refractivity contribution >= 4 is 47.3 Å². The van der Waals surface area contributed by atoms with Crippen LogP contribution in [0.4, 0.5) is 0 Å². The number of hydrogen-bond acceptors (Lipinski definition) is 35. The number of methoxy groups -OCH3 is 3. The highest BCUT2D eigenvalue weighted by Gasteiger charge is 2.58. The number of carboxylic acid groups (broad SMARTS) is 1. The van der Waals surface area contributed by atoms with E-state index in [-0.39, 0.29) is 263 Å². The Labute approximate surface area is 760 Å². The van der Waals surface area contributed by atoms with Crippen LogP contribution in [0.5, 0.6) is 0 Å². The fourth-order valence-corrected chi connectivity index (χ4v) is 14.4. The minimum atomic E-state index is -1.49. The Balaban J connectivity index is 0.821. The third-order valence-electron chi connectivity index (χ3n) is 20.3. The topological polar surface area (TPSA) is 501 Å². The molecule has 5 aliphatic heterocycles. The van der Waals surface area contributed by atoms with E-state index in [1.165, 1.54) is 54.2 Å². The Kier molecular flexibility index (Phi) is 51.2. The second-order valence-corrected chi connectivity index (χ2v) is 32.2. The first kappa shape index (κ1) is 110. The van der Waals surface area contributed by atoms with E-state index in [2.05, 4.69) is 37.2 Å². The van der Waals surface area contributed by atoms with E-state index in [1.54, 1.807) is 64.1 Å². The summed E-state index contributed by atoms with van der Waals surface area (Å²) in [6.45, 7) is 20.2. The standard InChI is InChI=1S/C87H141N7O36/c1-57(2)123-75-65(124-82(105-10)71(74(75)101)91-58(3)95)51-117-48-45-114-42-39-111-36-33-108-30-24-88-68(98)21-27-120-54-87(94-80(102)63-17-13-61(14-18-63)62-15-19-64(20-16-62)81(103)104,55-121-28-22-69(99)89-25-31-109-34-37-112-40-43-115-46-49-118-52-66-76-78(129-85(6,7)127-76)72(92-59(4)96)83(106-11)125-66)56-122-29-23-70(100)90-26-32-110-35-38-113-41-44-116-47-50-119-53-67-77-79(130-86(8,9)128-77)73(93-60(5)97)84(107-12)126-67/h13-20,57,65-67,71-79,82-84,101H,21-56H2,1-12H3,(H,88,98)(H,89,99)(H,90,100)(H,91,95)(H,92,96)(H,93,97)(H,94,102)(H,103,104)/t65-,66-,67-,71-,72-,73-,74-,75+,76+,77+,78-,79-,82-,83-,84-/m1/s1. The summed E-state index contributed by atoms with van der Waals surface area (Å²) in [5.74, 6) is -5.36. The molecule has 15 atom stereocenters. The van der Waals surface area contributed by atoms with Gasteiger partial charge in [0.25, 0.3) is 5.91 Å². The lowest BCUT2D eigenvalue weighted by Crippen LogP contribution is -2.65. The van der Waals surface area contributed by atoms with Gasteiger partial charge < -0.3 is 171 Å². The van der Waals surface area contributed by atoms with E-state index in [4.69, 9.17) is 123 Å². The molecule has 7 rings (SSSR count). The molecule has 0 aromatic heterocycles. The minimum Gasteiger partial charge on any atom is -0.478 e. The SMILES string of the molecule is CO[C@@H]1O[C@H](COCCOCCOCCOCCNC(=O)CCOCC(COCCC(=O)NCCOCCOCCOCCOC[C@H]2O[C@@H](OC)[C@H](NC(C)=O)[C@H]3OC(C)(C)O[C@H]32)(COCCC(=O)NCCOCCOCCOCCOC[C@H]2O[C@@H](OC)[C@H](NC(C)=O)[C@H]3OC(C)(C)O[C@H]32)NC(=O)c2ccc(-c3ccc(C(=O)O)cc3)cc2)[C@H](OC(C)C)[C@H](O)[C@H]1NC(C)=O. The molecule has 5 saturated heterocycles. The van der Waals surface area contributed by atoms with Crippen molar-refractivity contribution in [2.24, 2.45) is 0 Å². The third kappa shape index (κ3) is 40.7. The number of amides is 7. The summed E-state index contributed by atoms with van der Waals surface area (Å²) in [4.78, 5) is 101. The zero-order valence-electron chi connectivity index (χ0n) is 77.1. The molecule has 0 spiro atoms. The molecular weight excluding hydrogens is 1720 g/mol. The molecule has 0 bridgehead atoms. The normalized spacial score (nSPS) is 23.9. The molecule has 0 unspecified atom stereocenters. The summed E-state index contributed by atoms with van der Waals surface area (Å²) < 4.78 is 152. The van der Waals surface area contributed by atoms with Crippen molar-refractivity contribution in [2.45, 2.75) is 197 Å². The van der Waals surface area contributed by atoms with Gasteiger partial charge in [-0.3, -0.25) is 33.6 Å². The molecule has 740 valence electrons. The Hall–Kier alpha value is -6.88. The van der Waals surface area contributed by atoms with Gasteiger partial charge in [-0.25, -0.2) is 4.79 Å². The van der Waals surface area contributed by atoms with E-state index in [0.717, 1.165) is 0 Å². The van der Waals surface area contributed by atoms with Crippen LogP contribution in [0, 0.1) is 0 Å². The van der Waals surface area contributed by atoms with Gasteiger partial charge in [0.1, 0.15) is 78.6 Å². The second kappa shape index (κ2) is 60.5. The maximum absolute atomic E-state index is 14.4. The lowest BCUT2D eigenvalue weighted by Gasteiger charge is -2.44. The maximum atomic E-state index is 14.4. The third-order valence-corrected chi connectivity index (χ3v) is 20.3. The lowest BCUT2D eigenvalue weighted by atomic mass is 9.96. The van der Waals surface area contributed by atoms with Crippen LogP contribution in [0.3, 0.4) is 0 Å². The largest absolute Gasteiger partial charge is 0.478 e. The number of rotatable bonds is 69. The van der Waals surface area contributed by atoms with Crippen LogP contribution in [0.2, 0.25) is 0 Å². The van der Waals surface area contributed by atoms with Crippen molar-refractivity contribution in [3.63, 3.8) is 0 Å². The van der Waals surface area contributed by atoms with Gasteiger partial charge in [0.05, 0.1) is 210 Å². The summed E-state index contributed by atoms with van der Waals surface area (Å²) in [6.07, 6.45) is -8.67. The number of nitrogens with one attached hydrogen (secondary N) is 7. The van der Waals surface area contributed by atoms with Crippen molar-refractivity contribution in [2.75, 3.05) is 239 Å².